The Morgan fingerprint density at radius 3 is 3.00 bits per heavy atom. The normalized spacial score (nSPS) is 20.1. The van der Waals surface area contributed by atoms with Crippen molar-refractivity contribution in [1.82, 2.24) is 0 Å². The molecule has 0 fully saturated rings. The van der Waals surface area contributed by atoms with Gasteiger partial charge in [-0.2, -0.15) is 4.99 Å². The highest BCUT2D eigenvalue weighted by atomic mass is 32.2. The number of thioether (sulfide) groups is 1. The number of nitrogens with zero attached hydrogens (tertiary/aromatic N) is 4. The van der Waals surface area contributed by atoms with Gasteiger partial charge < -0.3 is 0 Å². The van der Waals surface area contributed by atoms with Crippen LogP contribution in [0.1, 0.15) is 0 Å². The minimum absolute atomic E-state index is 0.311. The second kappa shape index (κ2) is 2.63. The summed E-state index contributed by atoms with van der Waals surface area (Å²) in [5.41, 5.74) is 0.421. The zero-order chi connectivity index (χ0) is 8.55. The smallest absolute Gasteiger partial charge is 0.266 e. The van der Waals surface area contributed by atoms with Gasteiger partial charge in [-0.15, -0.1) is 22.0 Å². The van der Waals surface area contributed by atoms with Crippen LogP contribution in [0, 0.1) is 0 Å². The molecule has 0 aromatic carbocycles. The lowest BCUT2D eigenvalue weighted by Crippen LogP contribution is -2.11. The Morgan fingerprint density at radius 1 is 1.42 bits per heavy atom. The molecule has 0 atom stereocenters. The van der Waals surface area contributed by atoms with Crippen LogP contribution in [0.3, 0.4) is 0 Å². The van der Waals surface area contributed by atoms with Crippen molar-refractivity contribution in [2.75, 3.05) is 6.26 Å². The zero-order valence-corrected chi connectivity index (χ0v) is 7.00. The number of aliphatic imine (C=N–C) groups is 2. The summed E-state index contributed by atoms with van der Waals surface area (Å²) in [6, 6.07) is 0. The van der Waals surface area contributed by atoms with Crippen LogP contribution in [0.4, 0.5) is 0 Å². The molecule has 0 aromatic heterocycles. The Labute approximate surface area is 72.4 Å². The fraction of sp³-hybridized carbons (Fsp3) is 0.167. The van der Waals surface area contributed by atoms with E-state index in [1.54, 1.807) is 0 Å². The highest BCUT2D eigenvalue weighted by Crippen LogP contribution is 2.27. The molecule has 0 bridgehead atoms. The van der Waals surface area contributed by atoms with Crippen molar-refractivity contribution < 1.29 is 4.79 Å². The van der Waals surface area contributed by atoms with Gasteiger partial charge in [0.2, 0.25) is 0 Å². The third-order valence-corrected chi connectivity index (χ3v) is 2.11. The Morgan fingerprint density at radius 2 is 2.25 bits per heavy atom. The van der Waals surface area contributed by atoms with E-state index in [9.17, 15) is 4.79 Å². The predicted octanol–water partition coefficient (Wildman–Crippen LogP) is 0.994. The largest absolute Gasteiger partial charge is 0.285 e. The second-order valence-electron chi connectivity index (χ2n) is 2.09. The zero-order valence-electron chi connectivity index (χ0n) is 6.18. The molecule has 1 amide bonds. The summed E-state index contributed by atoms with van der Waals surface area (Å²) in [4.78, 5) is 18.5. The number of hydrogen-bond acceptors (Lipinski definition) is 5. The van der Waals surface area contributed by atoms with Gasteiger partial charge >= 0.3 is 0 Å². The molecule has 0 radical (unpaired) electrons. The lowest BCUT2D eigenvalue weighted by Gasteiger charge is -1.99. The van der Waals surface area contributed by atoms with Crippen molar-refractivity contribution in [3.8, 4) is 0 Å². The van der Waals surface area contributed by atoms with E-state index in [0.29, 0.717) is 16.4 Å². The molecule has 0 saturated heterocycles. The summed E-state index contributed by atoms with van der Waals surface area (Å²) in [5.74, 6) is 0.0636. The first-order valence-corrected chi connectivity index (χ1v) is 4.40. The first kappa shape index (κ1) is 7.35. The van der Waals surface area contributed by atoms with Crippen LogP contribution in [0.2, 0.25) is 0 Å². The molecule has 60 valence electrons. The lowest BCUT2D eigenvalue weighted by molar-refractivity contribution is -0.113. The molecular weight excluding hydrogens is 176 g/mol. The van der Waals surface area contributed by atoms with Crippen LogP contribution in [-0.2, 0) is 4.79 Å². The SMILES string of the molecule is CSC1=C2C(=O)N=CN=C2N=N1. The number of hydrogen-bond donors (Lipinski definition) is 0. The maximum absolute atomic E-state index is 11.2. The van der Waals surface area contributed by atoms with Gasteiger partial charge in [0, 0.05) is 0 Å². The summed E-state index contributed by atoms with van der Waals surface area (Å²) >= 11 is 1.37. The molecule has 2 aliphatic rings. The minimum Gasteiger partial charge on any atom is -0.266 e. The Hall–Kier alpha value is -1.30. The van der Waals surface area contributed by atoms with Gasteiger partial charge in [-0.25, -0.2) is 4.99 Å². The van der Waals surface area contributed by atoms with E-state index in [-0.39, 0.29) is 5.91 Å². The number of carbonyl (C=O) groups excluding carboxylic acids is 1. The standard InChI is InChI=1S/C6H4N4OS/c1-12-6-3-4(9-10-6)7-2-8-5(3)11/h2H,1H3. The van der Waals surface area contributed by atoms with E-state index in [1.165, 1.54) is 18.1 Å². The summed E-state index contributed by atoms with van der Waals surface area (Å²) in [6.07, 6.45) is 3.03. The molecule has 0 unspecified atom stereocenters. The number of rotatable bonds is 1. The van der Waals surface area contributed by atoms with Crippen LogP contribution in [0.15, 0.2) is 30.8 Å². The highest BCUT2D eigenvalue weighted by molar-refractivity contribution is 8.02. The van der Waals surface area contributed by atoms with Gasteiger partial charge in [-0.05, 0) is 6.26 Å². The molecule has 0 N–H and O–H groups in total. The third kappa shape index (κ3) is 0.918. The molecule has 2 aliphatic heterocycles. The van der Waals surface area contributed by atoms with E-state index < -0.39 is 0 Å². The summed E-state index contributed by atoms with van der Waals surface area (Å²) < 4.78 is 0. The molecule has 5 nitrogen and oxygen atoms in total. The van der Waals surface area contributed by atoms with Gasteiger partial charge in [0.05, 0.1) is 0 Å². The number of amidine groups is 1. The van der Waals surface area contributed by atoms with Crippen LogP contribution < -0.4 is 0 Å². The first-order chi connectivity index (χ1) is 5.83. The van der Waals surface area contributed by atoms with E-state index in [1.807, 2.05) is 6.26 Å². The number of fused-ring (bicyclic) bond motifs is 1. The van der Waals surface area contributed by atoms with Gasteiger partial charge in [0.25, 0.3) is 5.91 Å². The quantitative estimate of drug-likeness (QED) is 0.604. The third-order valence-electron chi connectivity index (χ3n) is 1.44. The lowest BCUT2D eigenvalue weighted by atomic mass is 10.2. The van der Waals surface area contributed by atoms with Crippen molar-refractivity contribution in [3.05, 3.63) is 10.6 Å². The minimum atomic E-state index is -0.311. The summed E-state index contributed by atoms with van der Waals surface area (Å²) in [7, 11) is 0. The van der Waals surface area contributed by atoms with Crippen molar-refractivity contribution in [2.45, 2.75) is 0 Å². The number of carbonyl (C=O) groups is 1. The monoisotopic (exact) mass is 180 g/mol. The van der Waals surface area contributed by atoms with Crippen LogP contribution in [-0.4, -0.2) is 24.3 Å². The fourth-order valence-electron chi connectivity index (χ4n) is 0.909. The maximum Gasteiger partial charge on any atom is 0.285 e. The predicted molar refractivity (Wildman–Crippen MR) is 46.3 cm³/mol. The Balaban J connectivity index is 2.54. The Kier molecular flexibility index (Phi) is 1.61. The maximum atomic E-state index is 11.2. The average molecular weight is 180 g/mol. The molecule has 0 spiro atoms. The van der Waals surface area contributed by atoms with Crippen molar-refractivity contribution in [3.63, 3.8) is 0 Å². The molecule has 12 heavy (non-hydrogen) atoms. The van der Waals surface area contributed by atoms with Crippen LogP contribution >= 0.6 is 11.8 Å². The highest BCUT2D eigenvalue weighted by Gasteiger charge is 2.27. The van der Waals surface area contributed by atoms with Crippen molar-refractivity contribution >= 4 is 29.8 Å². The molecular formula is C6H4N4OS. The van der Waals surface area contributed by atoms with Gasteiger partial charge in [-0.3, -0.25) is 4.79 Å². The van der Waals surface area contributed by atoms with E-state index in [4.69, 9.17) is 0 Å². The fourth-order valence-corrected chi connectivity index (χ4v) is 1.41. The first-order valence-electron chi connectivity index (χ1n) is 3.18. The summed E-state index contributed by atoms with van der Waals surface area (Å²) in [5, 5.41) is 8.11. The van der Waals surface area contributed by atoms with Crippen molar-refractivity contribution in [1.29, 1.82) is 0 Å². The molecule has 6 heteroatoms. The molecule has 2 heterocycles. The van der Waals surface area contributed by atoms with Crippen LogP contribution in [0.5, 0.6) is 0 Å². The van der Waals surface area contributed by atoms with Crippen LogP contribution in [0.25, 0.3) is 0 Å². The molecule has 0 aliphatic carbocycles. The number of amides is 1. The number of azo groups is 1. The summed E-state index contributed by atoms with van der Waals surface area (Å²) in [6.45, 7) is 0. The average Bonchev–Trinajstić information content (AvgIpc) is 2.49. The van der Waals surface area contributed by atoms with Gasteiger partial charge in [0.1, 0.15) is 16.9 Å². The van der Waals surface area contributed by atoms with E-state index in [2.05, 4.69) is 20.2 Å². The molecule has 2 rings (SSSR count). The Bertz CT molecular complexity index is 366. The second-order valence-corrected chi connectivity index (χ2v) is 2.88. The van der Waals surface area contributed by atoms with Gasteiger partial charge in [-0.1, -0.05) is 0 Å². The van der Waals surface area contributed by atoms with Crippen molar-refractivity contribution in [2.24, 2.45) is 20.2 Å². The van der Waals surface area contributed by atoms with E-state index >= 15 is 0 Å². The van der Waals surface area contributed by atoms with Gasteiger partial charge in [0.15, 0.2) is 5.84 Å². The molecule has 0 aromatic rings. The molecule has 0 saturated carbocycles. The topological polar surface area (TPSA) is 66.5 Å². The van der Waals surface area contributed by atoms with E-state index in [0.717, 1.165) is 0 Å².